The number of rotatable bonds is 2. The van der Waals surface area contributed by atoms with Crippen LogP contribution in [-0.2, 0) is 0 Å². The van der Waals surface area contributed by atoms with Crippen LogP contribution in [0.2, 0.25) is 5.02 Å². The molecule has 0 aliphatic heterocycles. The van der Waals surface area contributed by atoms with Crippen LogP contribution in [0.5, 0.6) is 0 Å². The average molecular weight is 225 g/mol. The summed E-state index contributed by atoms with van der Waals surface area (Å²) in [5.41, 5.74) is 1.01. The van der Waals surface area contributed by atoms with Crippen LogP contribution >= 0.6 is 11.6 Å². The monoisotopic (exact) mass is 224 g/mol. The highest BCUT2D eigenvalue weighted by Crippen LogP contribution is 2.34. The molecular formula is C13H17ClO. The number of aliphatic hydroxyl groups is 1. The van der Waals surface area contributed by atoms with Crippen LogP contribution in [0.25, 0.3) is 0 Å². The van der Waals surface area contributed by atoms with Crippen LogP contribution in [0, 0.1) is 5.92 Å². The van der Waals surface area contributed by atoms with Gasteiger partial charge in [0.2, 0.25) is 0 Å². The molecule has 0 bridgehead atoms. The van der Waals surface area contributed by atoms with Gasteiger partial charge in [0.1, 0.15) is 0 Å². The van der Waals surface area contributed by atoms with E-state index in [0.717, 1.165) is 23.4 Å². The van der Waals surface area contributed by atoms with Crippen molar-refractivity contribution in [1.82, 2.24) is 0 Å². The Hall–Kier alpha value is -0.530. The first-order valence-corrected chi connectivity index (χ1v) is 6.09. The molecule has 1 N–H and O–H groups in total. The molecule has 2 rings (SSSR count). The molecular weight excluding hydrogens is 208 g/mol. The minimum absolute atomic E-state index is 0.303. The Balaban J connectivity index is 2.05. The second kappa shape index (κ2) is 5.00. The van der Waals surface area contributed by atoms with Crippen molar-refractivity contribution in [3.8, 4) is 0 Å². The topological polar surface area (TPSA) is 20.2 Å². The van der Waals surface area contributed by atoms with Crippen molar-refractivity contribution in [2.45, 2.75) is 38.2 Å². The lowest BCUT2D eigenvalue weighted by atomic mass is 9.83. The van der Waals surface area contributed by atoms with E-state index in [1.165, 1.54) is 19.3 Å². The lowest BCUT2D eigenvalue weighted by Gasteiger charge is -2.26. The highest BCUT2D eigenvalue weighted by atomic mass is 35.5. The van der Waals surface area contributed by atoms with Crippen LogP contribution in [0.1, 0.15) is 43.8 Å². The van der Waals surface area contributed by atoms with Crippen LogP contribution < -0.4 is 0 Å². The molecule has 0 spiro atoms. The van der Waals surface area contributed by atoms with Crippen LogP contribution in [0.3, 0.4) is 0 Å². The third-order valence-corrected chi connectivity index (χ3v) is 3.56. The Labute approximate surface area is 96.1 Å². The predicted octanol–water partition coefficient (Wildman–Crippen LogP) is 3.95. The van der Waals surface area contributed by atoms with Gasteiger partial charge in [0.15, 0.2) is 0 Å². The highest BCUT2D eigenvalue weighted by Gasteiger charge is 2.22. The van der Waals surface area contributed by atoms with Crippen molar-refractivity contribution < 1.29 is 5.11 Å². The van der Waals surface area contributed by atoms with Crippen molar-refractivity contribution in [2.75, 3.05) is 0 Å². The van der Waals surface area contributed by atoms with Gasteiger partial charge < -0.3 is 5.11 Å². The third kappa shape index (κ3) is 2.73. The number of hydrogen-bond acceptors (Lipinski definition) is 1. The van der Waals surface area contributed by atoms with Gasteiger partial charge >= 0.3 is 0 Å². The van der Waals surface area contributed by atoms with E-state index in [4.69, 9.17) is 11.6 Å². The number of benzene rings is 1. The summed E-state index contributed by atoms with van der Waals surface area (Å²) >= 11 is 5.82. The minimum Gasteiger partial charge on any atom is -0.388 e. The molecule has 0 saturated heterocycles. The number of aliphatic hydroxyl groups excluding tert-OH is 1. The molecule has 1 aliphatic carbocycles. The van der Waals surface area contributed by atoms with Crippen molar-refractivity contribution in [3.05, 3.63) is 34.9 Å². The van der Waals surface area contributed by atoms with Gasteiger partial charge in [-0.25, -0.2) is 0 Å². The smallest absolute Gasteiger partial charge is 0.0818 e. The fourth-order valence-corrected chi connectivity index (χ4v) is 2.51. The van der Waals surface area contributed by atoms with Crippen LogP contribution in [0.4, 0.5) is 0 Å². The molecule has 2 heteroatoms. The van der Waals surface area contributed by atoms with E-state index >= 15 is 0 Å². The fraction of sp³-hybridized carbons (Fsp3) is 0.538. The van der Waals surface area contributed by atoms with Crippen LogP contribution in [-0.4, -0.2) is 5.11 Å². The second-order valence-corrected chi connectivity index (χ2v) is 4.83. The molecule has 1 aromatic carbocycles. The zero-order valence-electron chi connectivity index (χ0n) is 8.82. The van der Waals surface area contributed by atoms with Gasteiger partial charge in [-0.2, -0.15) is 0 Å². The van der Waals surface area contributed by atoms with E-state index in [1.54, 1.807) is 0 Å². The normalized spacial score (nSPS) is 20.1. The minimum atomic E-state index is -0.303. The van der Waals surface area contributed by atoms with Crippen molar-refractivity contribution in [3.63, 3.8) is 0 Å². The maximum Gasteiger partial charge on any atom is 0.0818 e. The summed E-state index contributed by atoms with van der Waals surface area (Å²) in [7, 11) is 0. The summed E-state index contributed by atoms with van der Waals surface area (Å²) in [5.74, 6) is 0.444. The van der Waals surface area contributed by atoms with E-state index in [9.17, 15) is 5.11 Å². The standard InChI is InChI=1S/C13H17ClO/c14-12-8-6-11(7-9-12)13(15)10-4-2-1-3-5-10/h6-10,13,15H,1-5H2. The fourth-order valence-electron chi connectivity index (χ4n) is 2.38. The maximum absolute atomic E-state index is 10.2. The van der Waals surface area contributed by atoms with E-state index in [-0.39, 0.29) is 6.10 Å². The van der Waals surface area contributed by atoms with Gasteiger partial charge in [0, 0.05) is 5.02 Å². The first-order chi connectivity index (χ1) is 7.27. The molecule has 82 valence electrons. The SMILES string of the molecule is OC(c1ccc(Cl)cc1)C1CCCCC1. The second-order valence-electron chi connectivity index (χ2n) is 4.39. The molecule has 1 fully saturated rings. The van der Waals surface area contributed by atoms with Gasteiger partial charge in [0.25, 0.3) is 0 Å². The summed E-state index contributed by atoms with van der Waals surface area (Å²) in [4.78, 5) is 0. The molecule has 1 aromatic rings. The Morgan fingerprint density at radius 1 is 1.07 bits per heavy atom. The highest BCUT2D eigenvalue weighted by molar-refractivity contribution is 6.30. The molecule has 0 radical (unpaired) electrons. The first-order valence-electron chi connectivity index (χ1n) is 5.71. The largest absolute Gasteiger partial charge is 0.388 e. The van der Waals surface area contributed by atoms with Gasteiger partial charge in [-0.15, -0.1) is 0 Å². The Kier molecular flexibility index (Phi) is 3.66. The molecule has 0 amide bonds. The number of halogens is 1. The maximum atomic E-state index is 10.2. The summed E-state index contributed by atoms with van der Waals surface area (Å²) in [6.07, 6.45) is 5.85. The lowest BCUT2D eigenvalue weighted by Crippen LogP contribution is -2.15. The molecule has 1 nitrogen and oxygen atoms in total. The molecule has 1 atom stereocenters. The van der Waals surface area contributed by atoms with E-state index in [1.807, 2.05) is 24.3 Å². The summed E-state index contributed by atoms with van der Waals surface area (Å²) in [6.45, 7) is 0. The molecule has 1 saturated carbocycles. The quantitative estimate of drug-likeness (QED) is 0.807. The lowest BCUT2D eigenvalue weighted by molar-refractivity contribution is 0.0848. The van der Waals surface area contributed by atoms with Crippen molar-refractivity contribution in [2.24, 2.45) is 5.92 Å². The average Bonchev–Trinajstić information content (AvgIpc) is 2.30. The van der Waals surface area contributed by atoms with E-state index in [2.05, 4.69) is 0 Å². The molecule has 1 unspecified atom stereocenters. The van der Waals surface area contributed by atoms with E-state index in [0.29, 0.717) is 5.92 Å². The van der Waals surface area contributed by atoms with Crippen LogP contribution in [0.15, 0.2) is 24.3 Å². The van der Waals surface area contributed by atoms with Gasteiger partial charge in [-0.05, 0) is 36.5 Å². The number of hydrogen-bond donors (Lipinski definition) is 1. The van der Waals surface area contributed by atoms with Gasteiger partial charge in [-0.3, -0.25) is 0 Å². The van der Waals surface area contributed by atoms with Crippen molar-refractivity contribution in [1.29, 1.82) is 0 Å². The van der Waals surface area contributed by atoms with Gasteiger partial charge in [-0.1, -0.05) is 43.0 Å². The first kappa shape index (κ1) is 11.0. The van der Waals surface area contributed by atoms with Crippen molar-refractivity contribution >= 4 is 11.6 Å². The Bertz CT molecular complexity index is 301. The van der Waals surface area contributed by atoms with E-state index < -0.39 is 0 Å². The molecule has 0 aromatic heterocycles. The summed E-state index contributed by atoms with van der Waals surface area (Å²) in [5, 5.41) is 10.9. The Morgan fingerprint density at radius 3 is 2.27 bits per heavy atom. The predicted molar refractivity (Wildman–Crippen MR) is 63.0 cm³/mol. The molecule has 15 heavy (non-hydrogen) atoms. The Morgan fingerprint density at radius 2 is 1.67 bits per heavy atom. The summed E-state index contributed by atoms with van der Waals surface area (Å²) < 4.78 is 0. The zero-order chi connectivity index (χ0) is 10.7. The molecule has 1 aliphatic rings. The van der Waals surface area contributed by atoms with Gasteiger partial charge in [0.05, 0.1) is 6.10 Å². The molecule has 0 heterocycles. The third-order valence-electron chi connectivity index (χ3n) is 3.31. The summed E-state index contributed by atoms with van der Waals surface area (Å²) in [6, 6.07) is 7.56. The zero-order valence-corrected chi connectivity index (χ0v) is 9.58.